The number of hydrogen-bond acceptors (Lipinski definition) is 6. The lowest BCUT2D eigenvalue weighted by Crippen LogP contribution is -2.40. The number of esters is 1. The molecule has 0 aromatic carbocycles. The van der Waals surface area contributed by atoms with Crippen LogP contribution in [0, 0.1) is 5.92 Å². The van der Waals surface area contributed by atoms with Gasteiger partial charge < -0.3 is 14.6 Å². The first-order valence-corrected chi connectivity index (χ1v) is 11.3. The Hall–Kier alpha value is -2.22. The summed E-state index contributed by atoms with van der Waals surface area (Å²) in [4.78, 5) is 47.9. The first-order chi connectivity index (χ1) is 14.0. The second kappa shape index (κ2) is 8.65. The van der Waals surface area contributed by atoms with Crippen molar-refractivity contribution < 1.29 is 14.3 Å². The Morgan fingerprint density at radius 2 is 2.00 bits per heavy atom. The Morgan fingerprint density at radius 3 is 2.79 bits per heavy atom. The van der Waals surface area contributed by atoms with Crippen molar-refractivity contribution in [3.8, 4) is 0 Å². The van der Waals surface area contributed by atoms with Crippen molar-refractivity contribution in [1.82, 2.24) is 14.9 Å². The topological polar surface area (TPSA) is 92.4 Å². The summed E-state index contributed by atoms with van der Waals surface area (Å²) in [7, 11) is 0. The Labute approximate surface area is 173 Å². The minimum Gasteiger partial charge on any atom is -0.456 e. The molecular weight excluding hydrogens is 390 g/mol. The van der Waals surface area contributed by atoms with E-state index in [1.54, 1.807) is 16.2 Å². The Bertz CT molecular complexity index is 972. The molecule has 0 saturated carbocycles. The van der Waals surface area contributed by atoms with E-state index in [1.807, 2.05) is 0 Å². The van der Waals surface area contributed by atoms with E-state index in [9.17, 15) is 14.4 Å². The number of carbonyl (C=O) groups excluding carboxylic acids is 2. The third-order valence-corrected chi connectivity index (χ3v) is 7.12. The molecule has 8 heteroatoms. The van der Waals surface area contributed by atoms with Gasteiger partial charge in [-0.1, -0.05) is 6.92 Å². The summed E-state index contributed by atoms with van der Waals surface area (Å²) < 4.78 is 5.14. The molecule has 156 valence electrons. The predicted molar refractivity (Wildman–Crippen MR) is 111 cm³/mol. The first-order valence-electron chi connectivity index (χ1n) is 10.5. The number of likely N-dealkylation sites (tertiary alicyclic amines) is 1. The number of fused-ring (bicyclic) bond motifs is 3. The maximum absolute atomic E-state index is 12.5. The highest BCUT2D eigenvalue weighted by Crippen LogP contribution is 2.33. The Morgan fingerprint density at radius 1 is 1.24 bits per heavy atom. The number of piperidine rings is 1. The molecule has 0 bridgehead atoms. The van der Waals surface area contributed by atoms with Gasteiger partial charge in [-0.2, -0.15) is 0 Å². The first kappa shape index (κ1) is 20.1. The van der Waals surface area contributed by atoms with E-state index in [1.165, 1.54) is 4.88 Å². The molecule has 1 N–H and O–H groups in total. The second-order valence-corrected chi connectivity index (χ2v) is 9.21. The number of nitrogens with one attached hydrogen (secondary N) is 1. The van der Waals surface area contributed by atoms with Crippen LogP contribution >= 0.6 is 11.3 Å². The fourth-order valence-electron chi connectivity index (χ4n) is 4.11. The smallest absolute Gasteiger partial charge is 0.306 e. The van der Waals surface area contributed by atoms with E-state index >= 15 is 0 Å². The Balaban J connectivity index is 1.32. The number of rotatable bonds is 5. The molecule has 1 aliphatic heterocycles. The van der Waals surface area contributed by atoms with E-state index in [-0.39, 0.29) is 24.5 Å². The molecule has 3 heterocycles. The summed E-state index contributed by atoms with van der Waals surface area (Å²) in [5, 5.41) is 0.720. The lowest BCUT2D eigenvalue weighted by Gasteiger charge is -2.30. The molecule has 1 aliphatic carbocycles. The quantitative estimate of drug-likeness (QED) is 0.755. The lowest BCUT2D eigenvalue weighted by molar-refractivity contribution is -0.152. The van der Waals surface area contributed by atoms with Crippen LogP contribution in [-0.4, -0.2) is 46.4 Å². The van der Waals surface area contributed by atoms with Crippen molar-refractivity contribution in [1.29, 1.82) is 0 Å². The van der Waals surface area contributed by atoms with Crippen LogP contribution in [0.25, 0.3) is 10.2 Å². The molecular formula is C21H27N3O4S. The molecule has 0 radical (unpaired) electrons. The van der Waals surface area contributed by atoms with Crippen LogP contribution in [0.5, 0.6) is 0 Å². The second-order valence-electron chi connectivity index (χ2n) is 8.13. The van der Waals surface area contributed by atoms with Crippen molar-refractivity contribution in [2.24, 2.45) is 5.92 Å². The highest BCUT2D eigenvalue weighted by atomic mass is 32.1. The van der Waals surface area contributed by atoms with Gasteiger partial charge in [0.05, 0.1) is 11.8 Å². The summed E-state index contributed by atoms with van der Waals surface area (Å²) in [6.45, 7) is 3.43. The molecule has 1 fully saturated rings. The number of hydrogen-bond donors (Lipinski definition) is 1. The SMILES string of the molecule is CC1CCN(C(=O)COC(=O)CCc2nc3sc4c(c3c(=O)[nH]2)CCCC4)CC1. The number of thiophene rings is 1. The van der Waals surface area contributed by atoms with Crippen LogP contribution in [0.2, 0.25) is 0 Å². The maximum Gasteiger partial charge on any atom is 0.306 e. The van der Waals surface area contributed by atoms with Gasteiger partial charge in [-0.3, -0.25) is 14.4 Å². The summed E-state index contributed by atoms with van der Waals surface area (Å²) in [5.74, 6) is 0.552. The fraction of sp³-hybridized carbons (Fsp3) is 0.619. The number of carbonyl (C=O) groups is 2. The molecule has 29 heavy (non-hydrogen) atoms. The van der Waals surface area contributed by atoms with Gasteiger partial charge in [0.1, 0.15) is 10.7 Å². The van der Waals surface area contributed by atoms with Gasteiger partial charge in [0, 0.05) is 24.4 Å². The molecule has 0 spiro atoms. The summed E-state index contributed by atoms with van der Waals surface area (Å²) >= 11 is 1.59. The highest BCUT2D eigenvalue weighted by Gasteiger charge is 2.22. The number of aryl methyl sites for hydroxylation is 3. The van der Waals surface area contributed by atoms with Crippen LogP contribution in [0.3, 0.4) is 0 Å². The van der Waals surface area contributed by atoms with Crippen molar-refractivity contribution in [2.75, 3.05) is 19.7 Å². The van der Waals surface area contributed by atoms with Gasteiger partial charge in [-0.05, 0) is 50.0 Å². The highest BCUT2D eigenvalue weighted by molar-refractivity contribution is 7.18. The van der Waals surface area contributed by atoms with E-state index in [4.69, 9.17) is 4.74 Å². The van der Waals surface area contributed by atoms with Crippen molar-refractivity contribution >= 4 is 33.4 Å². The number of ether oxygens (including phenoxy) is 1. The number of aromatic nitrogens is 2. The van der Waals surface area contributed by atoms with Crippen LogP contribution in [-0.2, 0) is 33.6 Å². The summed E-state index contributed by atoms with van der Waals surface area (Å²) in [5.41, 5.74) is 1.04. The number of aromatic amines is 1. The molecule has 1 amide bonds. The average Bonchev–Trinajstić information content (AvgIpc) is 3.10. The van der Waals surface area contributed by atoms with E-state index < -0.39 is 5.97 Å². The molecule has 2 aromatic heterocycles. The van der Waals surface area contributed by atoms with Crippen molar-refractivity contribution in [3.63, 3.8) is 0 Å². The minimum atomic E-state index is -0.447. The minimum absolute atomic E-state index is 0.0872. The molecule has 1 saturated heterocycles. The van der Waals surface area contributed by atoms with E-state index in [2.05, 4.69) is 16.9 Å². The van der Waals surface area contributed by atoms with Crippen LogP contribution < -0.4 is 5.56 Å². The molecule has 7 nitrogen and oxygen atoms in total. The van der Waals surface area contributed by atoms with Crippen molar-refractivity contribution in [3.05, 3.63) is 26.6 Å². The van der Waals surface area contributed by atoms with E-state index in [0.717, 1.165) is 67.4 Å². The predicted octanol–water partition coefficient (Wildman–Crippen LogP) is 2.60. The maximum atomic E-state index is 12.5. The summed E-state index contributed by atoms with van der Waals surface area (Å²) in [6, 6.07) is 0. The third-order valence-electron chi connectivity index (χ3n) is 5.93. The van der Waals surface area contributed by atoms with Gasteiger partial charge in [0.2, 0.25) is 0 Å². The standard InChI is InChI=1S/C21H27N3O4S/c1-13-8-10-24(11-9-13)17(25)12-28-18(26)7-6-16-22-20(27)19-14-4-2-3-5-15(14)29-21(19)23-16/h13H,2-12H2,1H3,(H,22,23,27). The molecule has 2 aliphatic rings. The van der Waals surface area contributed by atoms with Gasteiger partial charge in [0.25, 0.3) is 11.5 Å². The van der Waals surface area contributed by atoms with Crippen molar-refractivity contribution in [2.45, 2.75) is 58.3 Å². The van der Waals surface area contributed by atoms with Crippen LogP contribution in [0.4, 0.5) is 0 Å². The average molecular weight is 418 g/mol. The van der Waals surface area contributed by atoms with Gasteiger partial charge >= 0.3 is 5.97 Å². The Kier molecular flexibility index (Phi) is 5.99. The zero-order valence-electron chi connectivity index (χ0n) is 16.8. The lowest BCUT2D eigenvalue weighted by atomic mass is 9.97. The normalized spacial score (nSPS) is 17.3. The largest absolute Gasteiger partial charge is 0.456 e. The molecule has 2 aromatic rings. The molecule has 0 atom stereocenters. The van der Waals surface area contributed by atoms with E-state index in [0.29, 0.717) is 18.2 Å². The fourth-order valence-corrected chi connectivity index (χ4v) is 5.39. The van der Waals surface area contributed by atoms with Crippen LogP contribution in [0.15, 0.2) is 4.79 Å². The van der Waals surface area contributed by atoms with Gasteiger partial charge in [-0.25, -0.2) is 4.98 Å². The number of nitrogens with zero attached hydrogens (tertiary/aromatic N) is 2. The number of amides is 1. The van der Waals surface area contributed by atoms with Gasteiger partial charge in [0.15, 0.2) is 6.61 Å². The zero-order valence-corrected chi connectivity index (χ0v) is 17.6. The zero-order chi connectivity index (χ0) is 20.4. The monoisotopic (exact) mass is 417 g/mol. The molecule has 4 rings (SSSR count). The summed E-state index contributed by atoms with van der Waals surface area (Å²) in [6.07, 6.45) is 6.59. The van der Waals surface area contributed by atoms with Gasteiger partial charge in [-0.15, -0.1) is 11.3 Å². The third kappa shape index (κ3) is 4.52. The van der Waals surface area contributed by atoms with Crippen LogP contribution in [0.1, 0.15) is 55.3 Å². The number of H-pyrrole nitrogens is 1. The molecule has 0 unspecified atom stereocenters.